The third kappa shape index (κ3) is 4.69. The number of sulfonamides is 1. The van der Waals surface area contributed by atoms with Crippen molar-refractivity contribution >= 4 is 22.0 Å². The Morgan fingerprint density at radius 3 is 2.46 bits per heavy atom. The fraction of sp³-hybridized carbons (Fsp3) is 0.300. The summed E-state index contributed by atoms with van der Waals surface area (Å²) < 4.78 is 32.2. The van der Waals surface area contributed by atoms with Crippen LogP contribution in [0.4, 0.5) is 4.79 Å². The van der Waals surface area contributed by atoms with Crippen molar-refractivity contribution in [2.75, 3.05) is 6.54 Å². The van der Waals surface area contributed by atoms with Gasteiger partial charge in [0.15, 0.2) is 0 Å². The largest absolute Gasteiger partial charge is 0.445 e. The van der Waals surface area contributed by atoms with Crippen LogP contribution in [0.1, 0.15) is 24.0 Å². The van der Waals surface area contributed by atoms with Gasteiger partial charge >= 0.3 is 6.09 Å². The van der Waals surface area contributed by atoms with E-state index in [0.717, 1.165) is 11.1 Å². The van der Waals surface area contributed by atoms with Gasteiger partial charge in [0, 0.05) is 6.54 Å². The van der Waals surface area contributed by atoms with E-state index < -0.39 is 28.1 Å². The molecule has 1 atom stereocenters. The third-order valence-electron chi connectivity index (χ3n) is 4.56. The van der Waals surface area contributed by atoms with Gasteiger partial charge < -0.3 is 4.74 Å². The van der Waals surface area contributed by atoms with Crippen molar-refractivity contribution in [3.8, 4) is 0 Å². The third-order valence-corrected chi connectivity index (χ3v) is 5.92. The van der Waals surface area contributed by atoms with Crippen LogP contribution in [-0.4, -0.2) is 37.9 Å². The van der Waals surface area contributed by atoms with Crippen molar-refractivity contribution in [2.45, 2.75) is 37.3 Å². The SMILES string of the molecule is Cc1ccc(S(=O)(=O)NC(=O)[C@@H]2CCCN2C(=O)OCc2ccccc2)cc1. The Hall–Kier alpha value is -2.87. The summed E-state index contributed by atoms with van der Waals surface area (Å²) in [5.74, 6) is -0.727. The number of carbonyl (C=O) groups excluding carboxylic acids is 2. The molecular weight excluding hydrogens is 380 g/mol. The number of hydrogen-bond donors (Lipinski definition) is 1. The Balaban J connectivity index is 1.63. The zero-order valence-corrected chi connectivity index (χ0v) is 16.3. The molecule has 0 radical (unpaired) electrons. The summed E-state index contributed by atoms with van der Waals surface area (Å²) in [5, 5.41) is 0. The Morgan fingerprint density at radius 1 is 1.11 bits per heavy atom. The molecule has 148 valence electrons. The van der Waals surface area contributed by atoms with E-state index in [1.165, 1.54) is 17.0 Å². The standard InChI is InChI=1S/C20H22N2O5S/c1-15-9-11-17(12-10-15)28(25,26)21-19(23)18-8-5-13-22(18)20(24)27-14-16-6-3-2-4-7-16/h2-4,6-7,9-12,18H,5,8,13-14H2,1H3,(H,21,23)/t18-/m0/s1. The fourth-order valence-electron chi connectivity index (χ4n) is 3.04. The zero-order chi connectivity index (χ0) is 20.1. The molecule has 1 saturated heterocycles. The minimum atomic E-state index is -4.00. The fourth-order valence-corrected chi connectivity index (χ4v) is 4.05. The first-order valence-electron chi connectivity index (χ1n) is 8.97. The van der Waals surface area contributed by atoms with Gasteiger partial charge in [0.05, 0.1) is 4.90 Å². The van der Waals surface area contributed by atoms with E-state index in [1.807, 2.05) is 37.3 Å². The summed E-state index contributed by atoms with van der Waals surface area (Å²) in [7, 11) is -4.00. The van der Waals surface area contributed by atoms with E-state index in [0.29, 0.717) is 19.4 Å². The van der Waals surface area contributed by atoms with Gasteiger partial charge in [-0.05, 0) is 37.5 Å². The van der Waals surface area contributed by atoms with Crippen LogP contribution < -0.4 is 4.72 Å². The van der Waals surface area contributed by atoms with Gasteiger partial charge in [-0.3, -0.25) is 9.69 Å². The number of nitrogens with zero attached hydrogens (tertiary/aromatic N) is 1. The second-order valence-corrected chi connectivity index (χ2v) is 8.36. The highest BCUT2D eigenvalue weighted by atomic mass is 32.2. The van der Waals surface area contributed by atoms with Crippen molar-refractivity contribution in [2.24, 2.45) is 0 Å². The Bertz CT molecular complexity index is 942. The lowest BCUT2D eigenvalue weighted by molar-refractivity contribution is -0.123. The van der Waals surface area contributed by atoms with Gasteiger partial charge in [0.2, 0.25) is 0 Å². The monoisotopic (exact) mass is 402 g/mol. The highest BCUT2D eigenvalue weighted by molar-refractivity contribution is 7.90. The Morgan fingerprint density at radius 2 is 1.79 bits per heavy atom. The van der Waals surface area contributed by atoms with Crippen molar-refractivity contribution in [3.05, 3.63) is 65.7 Å². The first-order chi connectivity index (χ1) is 13.4. The first kappa shape index (κ1) is 19.9. The second kappa shape index (κ2) is 8.43. The molecule has 0 spiro atoms. The van der Waals surface area contributed by atoms with E-state index >= 15 is 0 Å². The van der Waals surface area contributed by atoms with Crippen LogP contribution >= 0.6 is 0 Å². The summed E-state index contributed by atoms with van der Waals surface area (Å²) in [6.45, 7) is 2.27. The van der Waals surface area contributed by atoms with E-state index in [2.05, 4.69) is 4.72 Å². The molecule has 1 aliphatic rings. The number of amides is 2. The molecule has 1 heterocycles. The van der Waals surface area contributed by atoms with Gasteiger partial charge in [0.1, 0.15) is 12.6 Å². The molecule has 0 bridgehead atoms. The highest BCUT2D eigenvalue weighted by Crippen LogP contribution is 2.20. The molecule has 0 aromatic heterocycles. The quantitative estimate of drug-likeness (QED) is 0.830. The molecule has 7 nitrogen and oxygen atoms in total. The minimum Gasteiger partial charge on any atom is -0.445 e. The summed E-state index contributed by atoms with van der Waals surface area (Å²) in [5.41, 5.74) is 1.74. The summed E-state index contributed by atoms with van der Waals surface area (Å²) in [6, 6.07) is 14.5. The number of benzene rings is 2. The van der Waals surface area contributed by atoms with Crippen LogP contribution in [0.3, 0.4) is 0 Å². The maximum Gasteiger partial charge on any atom is 0.410 e. The normalized spacial score (nSPS) is 16.6. The number of nitrogens with one attached hydrogen (secondary N) is 1. The molecule has 0 unspecified atom stereocenters. The number of likely N-dealkylation sites (tertiary alicyclic amines) is 1. The van der Waals surface area contributed by atoms with Crippen LogP contribution in [0.15, 0.2) is 59.5 Å². The molecule has 0 saturated carbocycles. The first-order valence-corrected chi connectivity index (χ1v) is 10.5. The van der Waals surface area contributed by atoms with Crippen LogP contribution in [-0.2, 0) is 26.2 Å². The minimum absolute atomic E-state index is 0.00245. The summed E-state index contributed by atoms with van der Waals surface area (Å²) in [4.78, 5) is 26.2. The number of rotatable bonds is 5. The zero-order valence-electron chi connectivity index (χ0n) is 15.5. The summed E-state index contributed by atoms with van der Waals surface area (Å²) in [6.07, 6.45) is 0.355. The molecule has 2 aromatic rings. The van der Waals surface area contributed by atoms with Gasteiger partial charge in [-0.15, -0.1) is 0 Å². The van der Waals surface area contributed by atoms with Gasteiger partial charge in [-0.25, -0.2) is 17.9 Å². The predicted octanol–water partition coefficient (Wildman–Crippen LogP) is 2.60. The number of carbonyl (C=O) groups is 2. The Kier molecular flexibility index (Phi) is 5.99. The topological polar surface area (TPSA) is 92.8 Å². The number of ether oxygens (including phenoxy) is 1. The van der Waals surface area contributed by atoms with Gasteiger partial charge in [-0.2, -0.15) is 0 Å². The molecule has 1 aliphatic heterocycles. The average Bonchev–Trinajstić information content (AvgIpc) is 3.17. The second-order valence-electron chi connectivity index (χ2n) is 6.67. The van der Waals surface area contributed by atoms with Crippen LogP contribution in [0.25, 0.3) is 0 Å². The van der Waals surface area contributed by atoms with Crippen molar-refractivity contribution in [1.82, 2.24) is 9.62 Å². The van der Waals surface area contributed by atoms with E-state index in [4.69, 9.17) is 4.74 Å². The lowest BCUT2D eigenvalue weighted by Crippen LogP contribution is -2.47. The maximum atomic E-state index is 12.6. The summed E-state index contributed by atoms with van der Waals surface area (Å²) >= 11 is 0. The molecule has 2 aromatic carbocycles. The molecule has 2 amide bonds. The average molecular weight is 402 g/mol. The van der Waals surface area contributed by atoms with Crippen LogP contribution in [0.2, 0.25) is 0 Å². The molecule has 28 heavy (non-hydrogen) atoms. The maximum absolute atomic E-state index is 12.6. The lowest BCUT2D eigenvalue weighted by Gasteiger charge is -2.23. The van der Waals surface area contributed by atoms with E-state index in [-0.39, 0.29) is 11.5 Å². The van der Waals surface area contributed by atoms with Crippen molar-refractivity contribution in [3.63, 3.8) is 0 Å². The predicted molar refractivity (Wildman–Crippen MR) is 103 cm³/mol. The number of hydrogen-bond acceptors (Lipinski definition) is 5. The van der Waals surface area contributed by atoms with Gasteiger partial charge in [-0.1, -0.05) is 48.0 Å². The lowest BCUT2D eigenvalue weighted by atomic mass is 10.2. The molecule has 8 heteroatoms. The van der Waals surface area contributed by atoms with E-state index in [1.54, 1.807) is 12.1 Å². The molecule has 0 aliphatic carbocycles. The highest BCUT2D eigenvalue weighted by Gasteiger charge is 2.37. The Labute approximate surface area is 164 Å². The smallest absolute Gasteiger partial charge is 0.410 e. The molecule has 3 rings (SSSR count). The van der Waals surface area contributed by atoms with Crippen molar-refractivity contribution in [1.29, 1.82) is 0 Å². The van der Waals surface area contributed by atoms with Crippen LogP contribution in [0, 0.1) is 6.92 Å². The number of aryl methyl sites for hydroxylation is 1. The van der Waals surface area contributed by atoms with Gasteiger partial charge in [0.25, 0.3) is 15.9 Å². The van der Waals surface area contributed by atoms with Crippen LogP contribution in [0.5, 0.6) is 0 Å². The molecule has 1 fully saturated rings. The van der Waals surface area contributed by atoms with Crippen molar-refractivity contribution < 1.29 is 22.7 Å². The molecular formula is C20H22N2O5S. The molecule has 1 N–H and O–H groups in total. The van der Waals surface area contributed by atoms with E-state index in [9.17, 15) is 18.0 Å².